The summed E-state index contributed by atoms with van der Waals surface area (Å²) in [6.45, 7) is 15.0. The highest BCUT2D eigenvalue weighted by Crippen LogP contribution is 2.38. The van der Waals surface area contributed by atoms with Crippen LogP contribution in [0.25, 0.3) is 0 Å². The minimum absolute atomic E-state index is 0.0438. The van der Waals surface area contributed by atoms with Gasteiger partial charge in [-0.15, -0.1) is 0 Å². The maximum atomic E-state index is 13.0. The van der Waals surface area contributed by atoms with E-state index in [0.717, 1.165) is 4.57 Å². The van der Waals surface area contributed by atoms with E-state index >= 15 is 0 Å². The van der Waals surface area contributed by atoms with E-state index in [4.69, 9.17) is 23.4 Å². The largest absolute Gasteiger partial charge is 0.458 e. The van der Waals surface area contributed by atoms with Crippen molar-refractivity contribution in [2.75, 3.05) is 11.9 Å². The molecule has 2 rings (SSSR count). The molecule has 0 aliphatic carbocycles. The summed E-state index contributed by atoms with van der Waals surface area (Å²) in [5.41, 5.74) is -0.758. The van der Waals surface area contributed by atoms with Gasteiger partial charge < -0.3 is 28.7 Å². The van der Waals surface area contributed by atoms with Crippen LogP contribution in [0, 0.1) is 0 Å². The van der Waals surface area contributed by atoms with Crippen molar-refractivity contribution >= 4 is 38.0 Å². The van der Waals surface area contributed by atoms with Gasteiger partial charge in [0.25, 0.3) is 0 Å². The minimum Gasteiger partial charge on any atom is -0.458 e. The number of nitrogens with zero attached hydrogens (tertiary/aromatic N) is 2. The molecule has 0 aromatic carbocycles. The molecule has 5 atom stereocenters. The standard InChI is InChI=1S/C25H39N3O10Si/c1-14(29)26-20-10-11-28(24(33)27-20)21-12-18(35-15(2)30)22(36-16(3)31)23(37-17(4)32)19(38-21)13-34-39(8,9)25(5,6)7/h10-11,18-19,21-23H,12-13H2,1-9H3,(H,26,27,29,33)/t18-,19?,21+,22-,23+/m0/s1. The van der Waals surface area contributed by atoms with Crippen LogP contribution in [0.3, 0.4) is 0 Å². The normalized spacial score (nSPS) is 23.8. The third kappa shape index (κ3) is 8.97. The first-order valence-corrected chi connectivity index (χ1v) is 15.5. The van der Waals surface area contributed by atoms with Gasteiger partial charge in [0.15, 0.2) is 20.5 Å². The Morgan fingerprint density at radius 1 is 1.03 bits per heavy atom. The summed E-state index contributed by atoms with van der Waals surface area (Å²) in [6, 6.07) is 1.41. The SMILES string of the molecule is CC(=O)Nc1ccn([C@H]2C[C@H](OC(C)=O)[C@H](OC(C)=O)[C@H](OC(C)=O)C(CO[Si](C)(C)C(C)(C)C)O2)c(=O)n1. The molecule has 0 spiro atoms. The third-order valence-electron chi connectivity index (χ3n) is 6.60. The van der Waals surface area contributed by atoms with Gasteiger partial charge in [-0.25, -0.2) is 4.79 Å². The number of amides is 1. The number of carbonyl (C=O) groups excluding carboxylic acids is 4. The van der Waals surface area contributed by atoms with Crippen LogP contribution in [0.4, 0.5) is 5.82 Å². The fourth-order valence-electron chi connectivity index (χ4n) is 3.79. The predicted molar refractivity (Wildman–Crippen MR) is 141 cm³/mol. The predicted octanol–water partition coefficient (Wildman–Crippen LogP) is 2.31. The van der Waals surface area contributed by atoms with Gasteiger partial charge in [0.05, 0.1) is 6.61 Å². The van der Waals surface area contributed by atoms with Gasteiger partial charge in [0.2, 0.25) is 5.91 Å². The zero-order valence-electron chi connectivity index (χ0n) is 23.9. The highest BCUT2D eigenvalue weighted by Gasteiger charge is 2.49. The third-order valence-corrected chi connectivity index (χ3v) is 11.1. The van der Waals surface area contributed by atoms with E-state index in [1.807, 2.05) is 13.1 Å². The molecule has 1 fully saturated rings. The van der Waals surface area contributed by atoms with Crippen molar-refractivity contribution in [1.82, 2.24) is 9.55 Å². The summed E-state index contributed by atoms with van der Waals surface area (Å²) in [6.07, 6.45) is -4.53. The number of ether oxygens (including phenoxy) is 4. The Kier molecular flexibility index (Phi) is 10.6. The van der Waals surface area contributed by atoms with Gasteiger partial charge in [-0.05, 0) is 24.2 Å². The molecule has 1 saturated heterocycles. The number of rotatable bonds is 8. The summed E-state index contributed by atoms with van der Waals surface area (Å²) in [5, 5.41) is 2.27. The van der Waals surface area contributed by atoms with Gasteiger partial charge >= 0.3 is 23.6 Å². The molecule has 13 nitrogen and oxygen atoms in total. The monoisotopic (exact) mass is 569 g/mol. The summed E-state index contributed by atoms with van der Waals surface area (Å²) < 4.78 is 30.5. The van der Waals surface area contributed by atoms with Crippen molar-refractivity contribution in [3.8, 4) is 0 Å². The molecule has 0 radical (unpaired) electrons. The fourth-order valence-corrected chi connectivity index (χ4v) is 4.80. The van der Waals surface area contributed by atoms with E-state index < -0.39 is 68.5 Å². The van der Waals surface area contributed by atoms with Crippen LogP contribution >= 0.6 is 0 Å². The zero-order chi connectivity index (χ0) is 29.7. The van der Waals surface area contributed by atoms with Crippen molar-refractivity contribution in [1.29, 1.82) is 0 Å². The molecule has 1 aromatic heterocycles. The summed E-state index contributed by atoms with van der Waals surface area (Å²) in [5.74, 6) is -2.43. The quantitative estimate of drug-likeness (QED) is 0.278. The second-order valence-electron chi connectivity index (χ2n) is 10.9. The molecule has 2 heterocycles. The van der Waals surface area contributed by atoms with Crippen molar-refractivity contribution in [3.63, 3.8) is 0 Å². The van der Waals surface area contributed by atoms with Crippen LogP contribution in [-0.2, 0) is 42.6 Å². The zero-order valence-corrected chi connectivity index (χ0v) is 24.9. The van der Waals surface area contributed by atoms with E-state index in [2.05, 4.69) is 31.1 Å². The lowest BCUT2D eigenvalue weighted by atomic mass is 10.0. The topological polar surface area (TPSA) is 161 Å². The molecule has 0 saturated carbocycles. The Morgan fingerprint density at radius 3 is 2.08 bits per heavy atom. The van der Waals surface area contributed by atoms with E-state index in [9.17, 15) is 24.0 Å². The maximum Gasteiger partial charge on any atom is 0.351 e. The molecule has 14 heteroatoms. The highest BCUT2D eigenvalue weighted by molar-refractivity contribution is 6.74. The molecule has 1 aliphatic rings. The van der Waals surface area contributed by atoms with Crippen LogP contribution in [0.5, 0.6) is 0 Å². The molecule has 1 N–H and O–H groups in total. The molecule has 39 heavy (non-hydrogen) atoms. The van der Waals surface area contributed by atoms with Gasteiger partial charge in [0, 0.05) is 40.3 Å². The molecule has 1 aliphatic heterocycles. The second-order valence-corrected chi connectivity index (χ2v) is 15.7. The first-order valence-electron chi connectivity index (χ1n) is 12.6. The lowest BCUT2D eigenvalue weighted by Gasteiger charge is -2.39. The van der Waals surface area contributed by atoms with Crippen LogP contribution in [0.15, 0.2) is 17.1 Å². The van der Waals surface area contributed by atoms with Crippen LogP contribution in [0.1, 0.15) is 61.1 Å². The first-order chi connectivity index (χ1) is 17.9. The Bertz CT molecular complexity index is 1130. The number of carbonyl (C=O) groups is 4. The summed E-state index contributed by atoms with van der Waals surface area (Å²) >= 11 is 0. The Balaban J connectivity index is 2.62. The fraction of sp³-hybridized carbons (Fsp3) is 0.680. The lowest BCUT2D eigenvalue weighted by molar-refractivity contribution is -0.191. The van der Waals surface area contributed by atoms with Gasteiger partial charge in [-0.3, -0.25) is 23.7 Å². The van der Waals surface area contributed by atoms with Crippen LogP contribution in [0.2, 0.25) is 18.1 Å². The Labute approximate surface area is 228 Å². The minimum atomic E-state index is -2.34. The summed E-state index contributed by atoms with van der Waals surface area (Å²) in [7, 11) is -2.34. The average Bonchev–Trinajstić information content (AvgIpc) is 2.88. The number of hydrogen-bond donors (Lipinski definition) is 1. The van der Waals surface area contributed by atoms with Gasteiger partial charge in [0.1, 0.15) is 24.3 Å². The van der Waals surface area contributed by atoms with E-state index in [1.54, 1.807) is 0 Å². The van der Waals surface area contributed by atoms with Crippen molar-refractivity contribution in [2.45, 2.75) is 104 Å². The van der Waals surface area contributed by atoms with E-state index in [0.29, 0.717) is 0 Å². The van der Waals surface area contributed by atoms with Crippen LogP contribution in [-0.4, -0.2) is 72.7 Å². The number of hydrogen-bond acceptors (Lipinski definition) is 11. The highest BCUT2D eigenvalue weighted by atomic mass is 28.4. The Hall–Kier alpha value is -3.10. The average molecular weight is 570 g/mol. The second kappa shape index (κ2) is 12.8. The molecular weight excluding hydrogens is 530 g/mol. The number of anilines is 1. The van der Waals surface area contributed by atoms with Crippen LogP contribution < -0.4 is 11.0 Å². The summed E-state index contributed by atoms with van der Waals surface area (Å²) in [4.78, 5) is 64.5. The molecule has 0 bridgehead atoms. The van der Waals surface area contributed by atoms with E-state index in [-0.39, 0.29) is 23.9 Å². The number of aromatic nitrogens is 2. The number of nitrogens with one attached hydrogen (secondary N) is 1. The molecule has 1 amide bonds. The smallest absolute Gasteiger partial charge is 0.351 e. The molecule has 218 valence electrons. The van der Waals surface area contributed by atoms with Crippen molar-refractivity contribution in [3.05, 3.63) is 22.7 Å². The number of esters is 3. The molecule has 1 aromatic rings. The van der Waals surface area contributed by atoms with Crippen molar-refractivity contribution in [2.24, 2.45) is 0 Å². The molecule has 1 unspecified atom stereocenters. The van der Waals surface area contributed by atoms with Gasteiger partial charge in [-0.2, -0.15) is 4.98 Å². The van der Waals surface area contributed by atoms with Crippen molar-refractivity contribution < 1.29 is 42.6 Å². The lowest BCUT2D eigenvalue weighted by Crippen LogP contribution is -2.52. The van der Waals surface area contributed by atoms with E-state index in [1.165, 1.54) is 40.0 Å². The maximum absolute atomic E-state index is 13.0. The Morgan fingerprint density at radius 2 is 1.59 bits per heavy atom. The first kappa shape index (κ1) is 32.1. The van der Waals surface area contributed by atoms with Gasteiger partial charge in [-0.1, -0.05) is 20.8 Å². The molecular formula is C25H39N3O10Si.